The molecule has 1 spiro atoms. The summed E-state index contributed by atoms with van der Waals surface area (Å²) in [5, 5.41) is 3.57. The fourth-order valence-electron chi connectivity index (χ4n) is 7.43. The molecule has 1 aliphatic heterocycles. The molecule has 196 valence electrons. The molecule has 0 N–H and O–H groups in total. The number of thioether (sulfide) groups is 1. The van der Waals surface area contributed by atoms with Gasteiger partial charge in [0, 0.05) is 22.0 Å². The summed E-state index contributed by atoms with van der Waals surface area (Å²) in [6.45, 7) is 0. The molecule has 0 fully saturated rings. The average Bonchev–Trinajstić information content (AvgIpc) is 3.68. The molecule has 8 aromatic rings. The van der Waals surface area contributed by atoms with Crippen molar-refractivity contribution in [2.45, 2.75) is 9.90 Å². The lowest BCUT2D eigenvalue weighted by atomic mass is 9.86. The van der Waals surface area contributed by atoms with Crippen LogP contribution in [0.1, 0.15) is 16.7 Å². The second kappa shape index (κ2) is 8.03. The van der Waals surface area contributed by atoms with Crippen LogP contribution < -0.4 is 0 Å². The SMILES string of the molecule is c1ccc2c(c1)-c1ccccc1C21Sc2nc3ccccc3n2-c2ccc(-n3c4ccccc4c4ccccc43)cc21. The van der Waals surface area contributed by atoms with Crippen LogP contribution in [0, 0.1) is 0 Å². The van der Waals surface area contributed by atoms with Gasteiger partial charge in [0.15, 0.2) is 5.16 Å². The smallest absolute Gasteiger partial charge is 0.175 e. The van der Waals surface area contributed by atoms with Gasteiger partial charge in [0.25, 0.3) is 0 Å². The highest BCUT2D eigenvalue weighted by Crippen LogP contribution is 2.63. The lowest BCUT2D eigenvalue weighted by Crippen LogP contribution is -2.29. The Bertz CT molecular complexity index is 2310. The van der Waals surface area contributed by atoms with E-state index >= 15 is 0 Å². The molecule has 0 atom stereocenters. The molecule has 3 nitrogen and oxygen atoms in total. The van der Waals surface area contributed by atoms with Crippen molar-refractivity contribution >= 4 is 44.6 Å². The predicted octanol–water partition coefficient (Wildman–Crippen LogP) is 9.50. The van der Waals surface area contributed by atoms with E-state index in [0.29, 0.717) is 0 Å². The van der Waals surface area contributed by atoms with Gasteiger partial charge in [-0.2, -0.15) is 0 Å². The van der Waals surface area contributed by atoms with E-state index in [9.17, 15) is 0 Å². The van der Waals surface area contributed by atoms with Gasteiger partial charge in [-0.25, -0.2) is 4.98 Å². The van der Waals surface area contributed by atoms with Crippen LogP contribution in [-0.4, -0.2) is 14.1 Å². The standard InChI is InChI=1S/C38H23N3S/c1-5-15-29-25(11-1)26-12-2-6-16-30(26)38(29)31-23-24(40-33-18-8-3-13-27(33)28-14-4-9-19-34(28)40)21-22-35(31)41-36-20-10-7-17-32(36)39-37(41)42-38/h1-23H. The summed E-state index contributed by atoms with van der Waals surface area (Å²) >= 11 is 1.88. The van der Waals surface area contributed by atoms with Crippen molar-refractivity contribution in [1.82, 2.24) is 14.1 Å². The lowest BCUT2D eigenvalue weighted by Gasteiger charge is -2.37. The minimum atomic E-state index is -0.422. The number of aromatic nitrogens is 3. The minimum absolute atomic E-state index is 0.422. The number of para-hydroxylation sites is 4. The first-order valence-electron chi connectivity index (χ1n) is 14.3. The third-order valence-electron chi connectivity index (χ3n) is 9.12. The van der Waals surface area contributed by atoms with Crippen molar-refractivity contribution in [2.75, 3.05) is 0 Å². The van der Waals surface area contributed by atoms with E-state index in [1.807, 2.05) is 11.8 Å². The maximum Gasteiger partial charge on any atom is 0.175 e. The van der Waals surface area contributed by atoms with Gasteiger partial charge >= 0.3 is 0 Å². The third kappa shape index (κ3) is 2.71. The molecule has 1 aliphatic carbocycles. The minimum Gasteiger partial charge on any atom is -0.309 e. The van der Waals surface area contributed by atoms with Crippen LogP contribution in [0.2, 0.25) is 0 Å². The maximum absolute atomic E-state index is 5.19. The number of nitrogens with zero attached hydrogens (tertiary/aromatic N) is 3. The molecule has 0 radical (unpaired) electrons. The fraction of sp³-hybridized carbons (Fsp3) is 0.0263. The molecule has 0 saturated carbocycles. The molecular weight excluding hydrogens is 531 g/mol. The summed E-state index contributed by atoms with van der Waals surface area (Å²) < 4.78 is 4.37. The number of imidazole rings is 1. The highest BCUT2D eigenvalue weighted by Gasteiger charge is 2.50. The number of fused-ring (bicyclic) bond motifs is 14. The van der Waals surface area contributed by atoms with Gasteiger partial charge < -0.3 is 4.57 Å². The summed E-state index contributed by atoms with van der Waals surface area (Å²) in [5.74, 6) is 0. The van der Waals surface area contributed by atoms with Crippen molar-refractivity contribution in [3.8, 4) is 22.5 Å². The molecular formula is C38H23N3S. The molecule has 2 aliphatic rings. The summed E-state index contributed by atoms with van der Waals surface area (Å²) in [5.41, 5.74) is 13.5. The quantitative estimate of drug-likeness (QED) is 0.202. The van der Waals surface area contributed by atoms with Gasteiger partial charge in [-0.1, -0.05) is 109 Å². The van der Waals surface area contributed by atoms with Gasteiger partial charge in [0.05, 0.1) is 27.8 Å². The number of rotatable bonds is 1. The molecule has 0 unspecified atom stereocenters. The second-order valence-corrected chi connectivity index (χ2v) is 12.3. The fourth-order valence-corrected chi connectivity index (χ4v) is 8.99. The van der Waals surface area contributed by atoms with E-state index in [4.69, 9.17) is 4.98 Å². The first kappa shape index (κ1) is 22.6. The first-order chi connectivity index (χ1) is 20.8. The van der Waals surface area contributed by atoms with E-state index in [1.54, 1.807) is 0 Å². The van der Waals surface area contributed by atoms with Crippen LogP contribution in [-0.2, 0) is 4.75 Å². The van der Waals surface area contributed by atoms with E-state index in [0.717, 1.165) is 16.2 Å². The Kier molecular flexibility index (Phi) is 4.32. The van der Waals surface area contributed by atoms with E-state index in [1.165, 1.54) is 61.0 Å². The third-order valence-corrected chi connectivity index (χ3v) is 10.5. The van der Waals surface area contributed by atoms with Crippen molar-refractivity contribution in [3.63, 3.8) is 0 Å². The molecule has 0 amide bonds. The Morgan fingerprint density at radius 3 is 1.76 bits per heavy atom. The molecule has 6 aromatic carbocycles. The Hall–Kier alpha value is -5.06. The second-order valence-electron chi connectivity index (χ2n) is 11.2. The average molecular weight is 554 g/mol. The Morgan fingerprint density at radius 2 is 1.07 bits per heavy atom. The summed E-state index contributed by atoms with van der Waals surface area (Å²) in [6.07, 6.45) is 0. The Labute approximate surface area is 246 Å². The molecule has 4 heteroatoms. The van der Waals surface area contributed by atoms with Crippen LogP contribution in [0.4, 0.5) is 0 Å². The summed E-state index contributed by atoms with van der Waals surface area (Å²) in [6, 6.07) is 50.9. The van der Waals surface area contributed by atoms with Crippen LogP contribution >= 0.6 is 11.8 Å². The Morgan fingerprint density at radius 1 is 0.500 bits per heavy atom. The number of hydrogen-bond acceptors (Lipinski definition) is 2. The number of benzene rings is 6. The Balaban J connectivity index is 1.36. The molecule has 0 bridgehead atoms. The zero-order chi connectivity index (χ0) is 27.4. The predicted molar refractivity (Wildman–Crippen MR) is 173 cm³/mol. The molecule has 42 heavy (non-hydrogen) atoms. The van der Waals surface area contributed by atoms with Gasteiger partial charge in [-0.05, 0) is 64.7 Å². The lowest BCUT2D eigenvalue weighted by molar-refractivity contribution is 0.811. The van der Waals surface area contributed by atoms with Crippen molar-refractivity contribution in [2.24, 2.45) is 0 Å². The van der Waals surface area contributed by atoms with Crippen LogP contribution in [0.5, 0.6) is 0 Å². The van der Waals surface area contributed by atoms with Crippen LogP contribution in [0.3, 0.4) is 0 Å². The zero-order valence-electron chi connectivity index (χ0n) is 22.5. The highest BCUT2D eigenvalue weighted by molar-refractivity contribution is 8.00. The van der Waals surface area contributed by atoms with Crippen molar-refractivity contribution in [1.29, 1.82) is 0 Å². The molecule has 3 heterocycles. The molecule has 2 aromatic heterocycles. The maximum atomic E-state index is 5.19. The van der Waals surface area contributed by atoms with Gasteiger partial charge in [0.1, 0.15) is 4.75 Å². The van der Waals surface area contributed by atoms with Crippen LogP contribution in [0.25, 0.3) is 55.3 Å². The first-order valence-corrected chi connectivity index (χ1v) is 15.1. The zero-order valence-corrected chi connectivity index (χ0v) is 23.3. The van der Waals surface area contributed by atoms with Gasteiger partial charge in [-0.3, -0.25) is 4.57 Å². The van der Waals surface area contributed by atoms with Gasteiger partial charge in [0.2, 0.25) is 0 Å². The molecule has 0 saturated heterocycles. The van der Waals surface area contributed by atoms with E-state index < -0.39 is 4.75 Å². The largest absolute Gasteiger partial charge is 0.309 e. The normalized spacial score (nSPS) is 14.3. The number of hydrogen-bond donors (Lipinski definition) is 0. The van der Waals surface area contributed by atoms with E-state index in [2.05, 4.69) is 149 Å². The highest BCUT2D eigenvalue weighted by atomic mass is 32.2. The van der Waals surface area contributed by atoms with Crippen molar-refractivity contribution < 1.29 is 0 Å². The monoisotopic (exact) mass is 553 g/mol. The van der Waals surface area contributed by atoms with E-state index in [-0.39, 0.29) is 0 Å². The van der Waals surface area contributed by atoms with Crippen molar-refractivity contribution in [3.05, 3.63) is 156 Å². The molecule has 10 rings (SSSR count). The summed E-state index contributed by atoms with van der Waals surface area (Å²) in [7, 11) is 0. The van der Waals surface area contributed by atoms with Crippen LogP contribution in [0.15, 0.2) is 145 Å². The topological polar surface area (TPSA) is 22.8 Å². The summed E-state index contributed by atoms with van der Waals surface area (Å²) in [4.78, 5) is 5.19. The van der Waals surface area contributed by atoms with Gasteiger partial charge in [-0.15, -0.1) is 0 Å².